The highest BCUT2D eigenvalue weighted by Gasteiger charge is 2.65. The Kier molecular flexibility index (Phi) is 4.50. The van der Waals surface area contributed by atoms with Gasteiger partial charge in [0.1, 0.15) is 6.04 Å². The summed E-state index contributed by atoms with van der Waals surface area (Å²) in [5.41, 5.74) is 2.11. The highest BCUT2D eigenvalue weighted by Crippen LogP contribution is 2.54. The van der Waals surface area contributed by atoms with Gasteiger partial charge in [0, 0.05) is 11.2 Å². The Morgan fingerprint density at radius 2 is 1.73 bits per heavy atom. The van der Waals surface area contributed by atoms with Crippen LogP contribution in [0.1, 0.15) is 27.7 Å². The van der Waals surface area contributed by atoms with Gasteiger partial charge in [-0.05, 0) is 47.5 Å². The number of amides is 2. The lowest BCUT2D eigenvalue weighted by Crippen LogP contribution is -2.44. The van der Waals surface area contributed by atoms with E-state index in [1.165, 1.54) is 12.3 Å². The third-order valence-corrected chi connectivity index (χ3v) is 7.18. The molecule has 4 atom stereocenters. The molecular weight excluding hydrogens is 463 g/mol. The molecule has 3 aromatic rings. The Labute approximate surface area is 199 Å². The van der Waals surface area contributed by atoms with Crippen LogP contribution in [0.15, 0.2) is 71.5 Å². The zero-order valence-corrected chi connectivity index (χ0v) is 18.5. The molecule has 0 aliphatic carbocycles. The Bertz CT molecular complexity index is 1350. The molecule has 8 heteroatoms. The van der Waals surface area contributed by atoms with Crippen LogP contribution in [0.4, 0.5) is 5.69 Å². The van der Waals surface area contributed by atoms with Gasteiger partial charge >= 0.3 is 0 Å². The molecule has 164 valence electrons. The van der Waals surface area contributed by atoms with Gasteiger partial charge in [0.25, 0.3) is 0 Å². The Morgan fingerprint density at radius 1 is 0.939 bits per heavy atom. The van der Waals surface area contributed by atoms with Crippen LogP contribution in [-0.2, 0) is 9.59 Å². The van der Waals surface area contributed by atoms with Crippen LogP contribution in [0.25, 0.3) is 6.08 Å². The topological polar surface area (TPSA) is 70.8 Å². The number of hydrogen-bond acceptors (Lipinski definition) is 5. The number of carbonyl (C=O) groups is 3. The largest absolute Gasteiger partial charge is 0.461 e. The third-order valence-electron chi connectivity index (χ3n) is 6.64. The van der Waals surface area contributed by atoms with Gasteiger partial charge in [-0.15, -0.1) is 0 Å². The SMILES string of the molecule is O=C(c1ccco1)[C@H]1[C@H]2C(=O)N(c3ccc(Cl)cc3Cl)C(=O)[C@@H]2[C@@H]2c3ccccc3C=CN12. The molecule has 1 aromatic heterocycles. The van der Waals surface area contributed by atoms with Crippen molar-refractivity contribution in [3.05, 3.63) is 94.0 Å². The minimum Gasteiger partial charge on any atom is -0.461 e. The van der Waals surface area contributed by atoms with Gasteiger partial charge in [-0.3, -0.25) is 14.4 Å². The normalized spacial score (nSPS) is 25.3. The molecule has 2 amide bonds. The number of fused-ring (bicyclic) bond motifs is 5. The van der Waals surface area contributed by atoms with Gasteiger partial charge in [-0.1, -0.05) is 47.5 Å². The summed E-state index contributed by atoms with van der Waals surface area (Å²) in [5, 5.41) is 0.588. The van der Waals surface area contributed by atoms with Gasteiger partial charge in [0.15, 0.2) is 5.76 Å². The predicted octanol–water partition coefficient (Wildman–Crippen LogP) is 4.98. The molecule has 0 N–H and O–H groups in total. The standard InChI is InChI=1S/C25H16Cl2N2O4/c26-14-7-8-17(16(27)12-14)29-24(31)19-20(25(29)32)22(23(30)18-6-3-11-33-18)28-10-9-13-4-1-2-5-15(13)21(19)28/h1-12,19-22H/t19-,20-,21-,22+/m0/s1. The summed E-state index contributed by atoms with van der Waals surface area (Å²) in [6.45, 7) is 0. The van der Waals surface area contributed by atoms with E-state index >= 15 is 0 Å². The number of hydrogen-bond donors (Lipinski definition) is 0. The number of furan rings is 1. The van der Waals surface area contributed by atoms with Crippen LogP contribution in [0.5, 0.6) is 0 Å². The van der Waals surface area contributed by atoms with E-state index in [-0.39, 0.29) is 28.2 Å². The van der Waals surface area contributed by atoms with Crippen LogP contribution < -0.4 is 4.90 Å². The predicted molar refractivity (Wildman–Crippen MR) is 123 cm³/mol. The van der Waals surface area contributed by atoms with Crippen molar-refractivity contribution in [3.63, 3.8) is 0 Å². The molecular formula is C25H16Cl2N2O4. The summed E-state index contributed by atoms with van der Waals surface area (Å²) in [7, 11) is 0. The van der Waals surface area contributed by atoms with Crippen LogP contribution in [0, 0.1) is 11.8 Å². The van der Waals surface area contributed by atoms with Crippen molar-refractivity contribution in [3.8, 4) is 0 Å². The summed E-state index contributed by atoms with van der Waals surface area (Å²) in [5.74, 6) is -2.67. The summed E-state index contributed by atoms with van der Waals surface area (Å²) < 4.78 is 5.37. The molecule has 3 aliphatic heterocycles. The third kappa shape index (κ3) is 2.84. The number of halogens is 2. The molecule has 2 fully saturated rings. The minimum absolute atomic E-state index is 0.148. The first-order valence-corrected chi connectivity index (χ1v) is 11.2. The molecule has 2 saturated heterocycles. The Hall–Kier alpha value is -3.35. The van der Waals surface area contributed by atoms with Crippen molar-refractivity contribution in [1.82, 2.24) is 4.90 Å². The Morgan fingerprint density at radius 3 is 2.48 bits per heavy atom. The van der Waals surface area contributed by atoms with Crippen LogP contribution >= 0.6 is 23.2 Å². The van der Waals surface area contributed by atoms with Gasteiger partial charge in [-0.25, -0.2) is 4.90 Å². The van der Waals surface area contributed by atoms with E-state index in [9.17, 15) is 14.4 Å². The average molecular weight is 479 g/mol. The average Bonchev–Trinajstić information content (AvgIpc) is 3.51. The molecule has 33 heavy (non-hydrogen) atoms. The maximum atomic E-state index is 13.8. The lowest BCUT2D eigenvalue weighted by atomic mass is 9.84. The number of rotatable bonds is 3. The smallest absolute Gasteiger partial charge is 0.240 e. The van der Waals surface area contributed by atoms with Crippen molar-refractivity contribution >= 4 is 52.6 Å². The highest BCUT2D eigenvalue weighted by molar-refractivity contribution is 6.38. The van der Waals surface area contributed by atoms with Crippen LogP contribution in [-0.4, -0.2) is 28.5 Å². The van der Waals surface area contributed by atoms with Crippen molar-refractivity contribution < 1.29 is 18.8 Å². The second-order valence-corrected chi connectivity index (χ2v) is 9.13. The molecule has 0 unspecified atom stereocenters. The molecule has 0 saturated carbocycles. The zero-order valence-electron chi connectivity index (χ0n) is 17.0. The maximum Gasteiger partial charge on any atom is 0.240 e. The van der Waals surface area contributed by atoms with E-state index in [0.29, 0.717) is 5.02 Å². The number of benzene rings is 2. The number of ketones is 1. The molecule has 0 bridgehead atoms. The van der Waals surface area contributed by atoms with Gasteiger partial charge in [0.05, 0.1) is 34.9 Å². The lowest BCUT2D eigenvalue weighted by molar-refractivity contribution is -0.123. The summed E-state index contributed by atoms with van der Waals surface area (Å²) in [6, 6.07) is 14.2. The first-order chi connectivity index (χ1) is 16.0. The van der Waals surface area contributed by atoms with Gasteiger partial charge in [-0.2, -0.15) is 0 Å². The van der Waals surface area contributed by atoms with E-state index in [2.05, 4.69) is 0 Å². The second-order valence-electron chi connectivity index (χ2n) is 8.28. The maximum absolute atomic E-state index is 13.8. The van der Waals surface area contributed by atoms with E-state index in [4.69, 9.17) is 27.6 Å². The van der Waals surface area contributed by atoms with Crippen molar-refractivity contribution in [2.45, 2.75) is 12.1 Å². The van der Waals surface area contributed by atoms with Crippen molar-refractivity contribution in [2.24, 2.45) is 11.8 Å². The van der Waals surface area contributed by atoms with Crippen molar-refractivity contribution in [1.29, 1.82) is 0 Å². The van der Waals surface area contributed by atoms with Crippen LogP contribution in [0.2, 0.25) is 10.0 Å². The van der Waals surface area contributed by atoms with E-state index in [1.54, 1.807) is 30.5 Å². The molecule has 4 heterocycles. The molecule has 0 radical (unpaired) electrons. The van der Waals surface area contributed by atoms with Crippen molar-refractivity contribution in [2.75, 3.05) is 4.90 Å². The molecule has 3 aliphatic rings. The molecule has 2 aromatic carbocycles. The lowest BCUT2D eigenvalue weighted by Gasteiger charge is -2.35. The Balaban J connectivity index is 1.51. The van der Waals surface area contributed by atoms with Crippen LogP contribution in [0.3, 0.4) is 0 Å². The van der Waals surface area contributed by atoms with Gasteiger partial charge < -0.3 is 9.32 Å². The molecule has 6 nitrogen and oxygen atoms in total. The number of imide groups is 1. The summed E-state index contributed by atoms with van der Waals surface area (Å²) in [6.07, 6.45) is 5.12. The number of Topliss-reactive ketones (excluding diaryl/α,β-unsaturated/α-hetero) is 1. The fraction of sp³-hybridized carbons (Fsp3) is 0.160. The fourth-order valence-corrected chi connectivity index (χ4v) is 5.81. The second kappa shape index (κ2) is 7.33. The number of anilines is 1. The minimum atomic E-state index is -0.886. The molecule has 0 spiro atoms. The summed E-state index contributed by atoms with van der Waals surface area (Å²) in [4.78, 5) is 44.0. The van der Waals surface area contributed by atoms with E-state index in [0.717, 1.165) is 16.0 Å². The first kappa shape index (κ1) is 20.3. The van der Waals surface area contributed by atoms with E-state index < -0.39 is 29.8 Å². The molecule has 6 rings (SSSR count). The highest BCUT2D eigenvalue weighted by atomic mass is 35.5. The zero-order chi connectivity index (χ0) is 22.9. The van der Waals surface area contributed by atoms with Gasteiger partial charge in [0.2, 0.25) is 17.6 Å². The quantitative estimate of drug-likeness (QED) is 0.391. The first-order valence-electron chi connectivity index (χ1n) is 10.4. The van der Waals surface area contributed by atoms with E-state index in [1.807, 2.05) is 35.2 Å². The number of carbonyl (C=O) groups excluding carboxylic acids is 3. The fourth-order valence-electron chi connectivity index (χ4n) is 5.32. The number of nitrogens with zero attached hydrogens (tertiary/aromatic N) is 2. The monoisotopic (exact) mass is 478 g/mol. The summed E-state index contributed by atoms with van der Waals surface area (Å²) >= 11 is 12.4.